The van der Waals surface area contributed by atoms with Crippen LogP contribution in [0.5, 0.6) is 5.88 Å². The second-order valence-corrected chi connectivity index (χ2v) is 7.82. The van der Waals surface area contributed by atoms with Crippen LogP contribution in [0.2, 0.25) is 0 Å². The van der Waals surface area contributed by atoms with E-state index in [0.29, 0.717) is 17.1 Å². The van der Waals surface area contributed by atoms with Gasteiger partial charge in [-0.3, -0.25) is 14.6 Å². The van der Waals surface area contributed by atoms with Gasteiger partial charge in [0, 0.05) is 0 Å². The molecule has 0 bridgehead atoms. The molecule has 0 saturated carbocycles. The average Bonchev–Trinajstić information content (AvgIpc) is 3.00. The van der Waals surface area contributed by atoms with Gasteiger partial charge in [-0.2, -0.15) is 10.1 Å². The molecule has 2 N–H and O–H groups in total. The van der Waals surface area contributed by atoms with Gasteiger partial charge >= 0.3 is 5.69 Å². The van der Waals surface area contributed by atoms with E-state index in [4.69, 9.17) is 0 Å². The van der Waals surface area contributed by atoms with E-state index >= 15 is 0 Å². The van der Waals surface area contributed by atoms with Crippen LogP contribution in [-0.4, -0.2) is 26.3 Å². The van der Waals surface area contributed by atoms with Crippen molar-refractivity contribution in [3.8, 4) is 11.6 Å². The smallest absolute Gasteiger partial charge is 0.335 e. The molecular weight excluding hydrogens is 408 g/mol. The highest BCUT2D eigenvalue weighted by Gasteiger charge is 2.30. The first kappa shape index (κ1) is 21.0. The van der Waals surface area contributed by atoms with E-state index < -0.39 is 23.0 Å². The number of hydrazone groups is 1. The zero-order chi connectivity index (χ0) is 23.2. The Morgan fingerprint density at radius 2 is 1.59 bits per heavy atom. The van der Waals surface area contributed by atoms with Crippen LogP contribution in [0.25, 0.3) is 11.8 Å². The minimum Gasteiger partial charge on any atom is -0.494 e. The summed E-state index contributed by atoms with van der Waals surface area (Å²) in [6.07, 6.45) is 1.27. The zero-order valence-corrected chi connectivity index (χ0v) is 18.1. The predicted molar refractivity (Wildman–Crippen MR) is 124 cm³/mol. The zero-order valence-electron chi connectivity index (χ0n) is 18.1. The fourth-order valence-electron chi connectivity index (χ4n) is 3.64. The molecule has 8 nitrogen and oxygen atoms in total. The fraction of sp³-hybridized carbons (Fsp3) is 0.167. The molecular formula is C24H22N4O4. The maximum Gasteiger partial charge on any atom is 0.335 e. The third kappa shape index (κ3) is 3.56. The van der Waals surface area contributed by atoms with Crippen LogP contribution in [0.3, 0.4) is 0 Å². The molecule has 1 aliphatic heterocycles. The number of anilines is 1. The number of aryl methyl sites for hydroxylation is 3. The Morgan fingerprint density at radius 1 is 0.938 bits per heavy atom. The number of amides is 1. The number of aromatic amines is 1. The van der Waals surface area contributed by atoms with Gasteiger partial charge in [-0.15, -0.1) is 0 Å². The van der Waals surface area contributed by atoms with Crippen molar-refractivity contribution in [1.29, 1.82) is 0 Å². The van der Waals surface area contributed by atoms with Crippen LogP contribution in [0.4, 0.5) is 5.69 Å². The summed E-state index contributed by atoms with van der Waals surface area (Å²) < 4.78 is 0.987. The van der Waals surface area contributed by atoms with Gasteiger partial charge in [0.25, 0.3) is 11.5 Å². The Morgan fingerprint density at radius 3 is 2.25 bits per heavy atom. The molecule has 0 atom stereocenters. The van der Waals surface area contributed by atoms with Gasteiger partial charge in [0.1, 0.15) is 5.56 Å². The SMILES string of the molecule is CC1=NN(c2ccc(C)cc2C)C(=O)/C1=C/c1c(O)n(-c2ccc(C)cc2)c(=O)[nH]c1=O. The molecule has 1 aromatic heterocycles. The molecule has 2 heterocycles. The van der Waals surface area contributed by atoms with Gasteiger partial charge in [-0.05, 0) is 57.5 Å². The number of benzene rings is 2. The minimum absolute atomic E-state index is 0.153. The fourth-order valence-corrected chi connectivity index (χ4v) is 3.64. The van der Waals surface area contributed by atoms with E-state index in [1.165, 1.54) is 11.1 Å². The Kier molecular flexibility index (Phi) is 5.14. The summed E-state index contributed by atoms with van der Waals surface area (Å²) in [6.45, 7) is 7.38. The highest BCUT2D eigenvalue weighted by atomic mass is 16.3. The normalized spacial score (nSPS) is 14.9. The number of carbonyl (C=O) groups is 1. The number of aromatic hydroxyl groups is 1. The monoisotopic (exact) mass is 430 g/mol. The predicted octanol–water partition coefficient (Wildman–Crippen LogP) is 2.96. The molecule has 1 amide bonds. The molecule has 0 unspecified atom stereocenters. The van der Waals surface area contributed by atoms with Crippen molar-refractivity contribution < 1.29 is 9.90 Å². The summed E-state index contributed by atoms with van der Waals surface area (Å²) in [5, 5.41) is 16.4. The highest BCUT2D eigenvalue weighted by Crippen LogP contribution is 2.29. The molecule has 0 spiro atoms. The van der Waals surface area contributed by atoms with Crippen LogP contribution >= 0.6 is 0 Å². The lowest BCUT2D eigenvalue weighted by atomic mass is 10.1. The molecule has 0 radical (unpaired) electrons. The topological polar surface area (TPSA) is 108 Å². The van der Waals surface area contributed by atoms with Crippen LogP contribution in [0.1, 0.15) is 29.2 Å². The lowest BCUT2D eigenvalue weighted by Gasteiger charge is -2.15. The molecule has 0 aliphatic carbocycles. The number of hydrogen-bond acceptors (Lipinski definition) is 5. The molecule has 0 fully saturated rings. The molecule has 4 rings (SSSR count). The Labute approximate surface area is 183 Å². The van der Waals surface area contributed by atoms with Crippen LogP contribution in [0.15, 0.2) is 62.7 Å². The average molecular weight is 430 g/mol. The van der Waals surface area contributed by atoms with Gasteiger partial charge in [-0.25, -0.2) is 9.36 Å². The molecule has 2 aromatic carbocycles. The van der Waals surface area contributed by atoms with Crippen molar-refractivity contribution in [3.05, 3.63) is 91.1 Å². The van der Waals surface area contributed by atoms with E-state index in [1.54, 1.807) is 31.2 Å². The second-order valence-electron chi connectivity index (χ2n) is 7.82. The number of carbonyl (C=O) groups excluding carboxylic acids is 1. The number of rotatable bonds is 3. The van der Waals surface area contributed by atoms with Gasteiger partial charge in [-0.1, -0.05) is 35.4 Å². The van der Waals surface area contributed by atoms with Crippen molar-refractivity contribution in [1.82, 2.24) is 9.55 Å². The van der Waals surface area contributed by atoms with E-state index in [1.807, 2.05) is 39.0 Å². The van der Waals surface area contributed by atoms with Crippen molar-refractivity contribution in [2.45, 2.75) is 27.7 Å². The Bertz CT molecular complexity index is 1430. The van der Waals surface area contributed by atoms with Gasteiger partial charge in [0.2, 0.25) is 5.88 Å². The molecule has 1 aliphatic rings. The van der Waals surface area contributed by atoms with Crippen molar-refractivity contribution in [2.24, 2.45) is 5.10 Å². The van der Waals surface area contributed by atoms with Crippen molar-refractivity contribution in [3.63, 3.8) is 0 Å². The first-order valence-electron chi connectivity index (χ1n) is 10.0. The standard InChI is InChI=1S/C24H22N4O4/c1-13-5-8-17(9-6-13)27-22(30)19(21(29)25-24(27)32)12-18-16(4)26-28(23(18)31)20-10-7-14(2)11-15(20)3/h5-12,30H,1-4H3,(H,25,29,32)/b18-12+. The molecule has 0 saturated heterocycles. The summed E-state index contributed by atoms with van der Waals surface area (Å²) in [5.41, 5.74) is 2.69. The summed E-state index contributed by atoms with van der Waals surface area (Å²) in [7, 11) is 0. The van der Waals surface area contributed by atoms with E-state index in [0.717, 1.165) is 21.3 Å². The van der Waals surface area contributed by atoms with Crippen molar-refractivity contribution >= 4 is 23.4 Å². The number of H-pyrrole nitrogens is 1. The first-order valence-corrected chi connectivity index (χ1v) is 10.0. The molecule has 162 valence electrons. The molecule has 3 aromatic rings. The maximum atomic E-state index is 13.1. The van der Waals surface area contributed by atoms with E-state index in [2.05, 4.69) is 10.1 Å². The Balaban J connectivity index is 1.82. The third-order valence-electron chi connectivity index (χ3n) is 5.34. The van der Waals surface area contributed by atoms with E-state index in [-0.39, 0.29) is 11.1 Å². The van der Waals surface area contributed by atoms with Gasteiger partial charge < -0.3 is 5.11 Å². The number of aromatic nitrogens is 2. The third-order valence-corrected chi connectivity index (χ3v) is 5.34. The summed E-state index contributed by atoms with van der Waals surface area (Å²) in [6, 6.07) is 12.5. The quantitative estimate of drug-likeness (QED) is 0.623. The number of hydrogen-bond donors (Lipinski definition) is 2. The summed E-state index contributed by atoms with van der Waals surface area (Å²) in [4.78, 5) is 40.2. The summed E-state index contributed by atoms with van der Waals surface area (Å²) in [5.74, 6) is -0.984. The number of nitrogens with one attached hydrogen (secondary N) is 1. The van der Waals surface area contributed by atoms with E-state index in [9.17, 15) is 19.5 Å². The second kappa shape index (κ2) is 7.81. The molecule has 32 heavy (non-hydrogen) atoms. The van der Waals surface area contributed by atoms with Crippen molar-refractivity contribution in [2.75, 3.05) is 5.01 Å². The number of nitrogens with zero attached hydrogens (tertiary/aromatic N) is 3. The molecule has 8 heteroatoms. The lowest BCUT2D eigenvalue weighted by molar-refractivity contribution is -0.114. The van der Waals surface area contributed by atoms with Crippen LogP contribution in [0, 0.1) is 20.8 Å². The van der Waals surface area contributed by atoms with Gasteiger partial charge in [0.05, 0.1) is 22.7 Å². The Hall–Kier alpha value is -4.20. The maximum absolute atomic E-state index is 13.1. The highest BCUT2D eigenvalue weighted by molar-refractivity contribution is 6.32. The van der Waals surface area contributed by atoms with Crippen LogP contribution in [-0.2, 0) is 4.79 Å². The summed E-state index contributed by atoms with van der Waals surface area (Å²) >= 11 is 0. The minimum atomic E-state index is -0.797. The first-order chi connectivity index (χ1) is 15.2. The lowest BCUT2D eigenvalue weighted by Crippen LogP contribution is -2.30. The van der Waals surface area contributed by atoms with Gasteiger partial charge in [0.15, 0.2) is 0 Å². The largest absolute Gasteiger partial charge is 0.494 e. The van der Waals surface area contributed by atoms with Crippen LogP contribution < -0.4 is 16.3 Å².